The smallest absolute Gasteiger partial charge is 0.228 e. The Hall–Kier alpha value is -2.15. The Morgan fingerprint density at radius 1 is 1.20 bits per heavy atom. The molecular formula is C23H33N3O3S. The minimum atomic E-state index is -3.62. The third-order valence-corrected chi connectivity index (χ3v) is 7.00. The summed E-state index contributed by atoms with van der Waals surface area (Å²) in [5.41, 5.74) is 2.52. The molecule has 7 heteroatoms. The predicted octanol–water partition coefficient (Wildman–Crippen LogP) is 3.97. The van der Waals surface area contributed by atoms with E-state index in [2.05, 4.69) is 18.8 Å². The topological polar surface area (TPSA) is 72.3 Å². The van der Waals surface area contributed by atoms with Gasteiger partial charge in [-0.1, -0.05) is 52.0 Å². The SMILES string of the molecule is Cc1ccccc1CS(=O)(=O)c1ncc(CN(C(=O)C(C)C)C2CC2)n1CC(C)C. The molecule has 164 valence electrons. The number of nitrogens with zero attached hydrogens (tertiary/aromatic N) is 3. The molecule has 1 fully saturated rings. The molecule has 2 aromatic rings. The molecular weight excluding hydrogens is 398 g/mol. The van der Waals surface area contributed by atoms with E-state index in [4.69, 9.17) is 0 Å². The van der Waals surface area contributed by atoms with E-state index in [9.17, 15) is 13.2 Å². The van der Waals surface area contributed by atoms with Crippen LogP contribution in [0, 0.1) is 18.8 Å². The normalized spacial score (nSPS) is 14.5. The molecule has 1 saturated carbocycles. The highest BCUT2D eigenvalue weighted by Gasteiger charge is 2.35. The van der Waals surface area contributed by atoms with Gasteiger partial charge in [-0.15, -0.1) is 0 Å². The Kier molecular flexibility index (Phi) is 6.70. The average molecular weight is 432 g/mol. The maximum atomic E-state index is 13.3. The predicted molar refractivity (Wildman–Crippen MR) is 118 cm³/mol. The molecule has 0 spiro atoms. The first-order valence-electron chi connectivity index (χ1n) is 10.7. The first-order valence-corrected chi connectivity index (χ1v) is 12.4. The second-order valence-electron chi connectivity index (χ2n) is 9.07. The largest absolute Gasteiger partial charge is 0.334 e. The molecule has 0 aliphatic heterocycles. The molecule has 1 aromatic carbocycles. The Bertz CT molecular complexity index is 1000. The second-order valence-corrected chi connectivity index (χ2v) is 11.0. The molecule has 0 saturated heterocycles. The summed E-state index contributed by atoms with van der Waals surface area (Å²) in [4.78, 5) is 19.0. The number of hydrogen-bond donors (Lipinski definition) is 0. The van der Waals surface area contributed by atoms with Crippen molar-refractivity contribution in [2.45, 2.75) is 77.5 Å². The van der Waals surface area contributed by atoms with Gasteiger partial charge in [-0.3, -0.25) is 4.79 Å². The Morgan fingerprint density at radius 3 is 2.43 bits per heavy atom. The summed E-state index contributed by atoms with van der Waals surface area (Å²) in [7, 11) is -3.62. The van der Waals surface area contributed by atoms with E-state index in [0.29, 0.717) is 13.1 Å². The minimum absolute atomic E-state index is 0.0779. The van der Waals surface area contributed by atoms with Crippen molar-refractivity contribution in [3.8, 4) is 0 Å². The van der Waals surface area contributed by atoms with Gasteiger partial charge >= 0.3 is 0 Å². The molecule has 0 N–H and O–H groups in total. The molecule has 0 unspecified atom stereocenters. The van der Waals surface area contributed by atoms with Gasteiger partial charge in [0.1, 0.15) is 0 Å². The molecule has 1 aliphatic rings. The highest BCUT2D eigenvalue weighted by molar-refractivity contribution is 7.90. The van der Waals surface area contributed by atoms with Crippen molar-refractivity contribution in [2.75, 3.05) is 0 Å². The molecule has 30 heavy (non-hydrogen) atoms. The van der Waals surface area contributed by atoms with E-state index in [-0.39, 0.29) is 34.7 Å². The summed E-state index contributed by atoms with van der Waals surface area (Å²) in [5, 5.41) is 0.0993. The number of carbonyl (C=O) groups excluding carboxylic acids is 1. The zero-order chi connectivity index (χ0) is 22.1. The van der Waals surface area contributed by atoms with Gasteiger partial charge in [-0.25, -0.2) is 13.4 Å². The zero-order valence-electron chi connectivity index (χ0n) is 18.6. The van der Waals surface area contributed by atoms with Crippen LogP contribution in [-0.2, 0) is 33.5 Å². The fourth-order valence-electron chi connectivity index (χ4n) is 3.65. The molecule has 3 rings (SSSR count). The van der Waals surface area contributed by atoms with E-state index in [0.717, 1.165) is 29.7 Å². The Morgan fingerprint density at radius 2 is 1.87 bits per heavy atom. The van der Waals surface area contributed by atoms with E-state index in [1.165, 1.54) is 0 Å². The van der Waals surface area contributed by atoms with Crippen LogP contribution >= 0.6 is 0 Å². The van der Waals surface area contributed by atoms with Crippen molar-refractivity contribution in [1.29, 1.82) is 0 Å². The lowest BCUT2D eigenvalue weighted by Gasteiger charge is -2.25. The van der Waals surface area contributed by atoms with Crippen molar-refractivity contribution < 1.29 is 13.2 Å². The third-order valence-electron chi connectivity index (χ3n) is 5.43. The molecule has 0 radical (unpaired) electrons. The van der Waals surface area contributed by atoms with E-state index < -0.39 is 9.84 Å². The van der Waals surface area contributed by atoms with Crippen LogP contribution in [-0.4, -0.2) is 34.8 Å². The Labute approximate surface area is 180 Å². The van der Waals surface area contributed by atoms with Gasteiger partial charge in [0.2, 0.25) is 20.9 Å². The minimum Gasteiger partial charge on any atom is -0.334 e. The fourth-order valence-corrected chi connectivity index (χ4v) is 5.25. The summed E-state index contributed by atoms with van der Waals surface area (Å²) >= 11 is 0. The van der Waals surface area contributed by atoms with Gasteiger partial charge in [-0.2, -0.15) is 0 Å². The zero-order valence-corrected chi connectivity index (χ0v) is 19.4. The summed E-state index contributed by atoms with van der Waals surface area (Å²) in [5.74, 6) is 0.196. The van der Waals surface area contributed by atoms with E-state index >= 15 is 0 Å². The van der Waals surface area contributed by atoms with Crippen LogP contribution in [0.15, 0.2) is 35.6 Å². The van der Waals surface area contributed by atoms with Crippen molar-refractivity contribution in [3.05, 3.63) is 47.3 Å². The fraction of sp³-hybridized carbons (Fsp3) is 0.565. The van der Waals surface area contributed by atoms with Gasteiger partial charge in [-0.05, 0) is 36.8 Å². The summed E-state index contributed by atoms with van der Waals surface area (Å²) in [6, 6.07) is 7.78. The molecule has 0 atom stereocenters. The molecule has 1 aromatic heterocycles. The average Bonchev–Trinajstić information content (AvgIpc) is 3.42. The van der Waals surface area contributed by atoms with Crippen LogP contribution in [0.25, 0.3) is 0 Å². The highest BCUT2D eigenvalue weighted by atomic mass is 32.2. The number of imidazole rings is 1. The van der Waals surface area contributed by atoms with Crippen molar-refractivity contribution >= 4 is 15.7 Å². The number of rotatable bonds is 9. The van der Waals surface area contributed by atoms with Gasteiger partial charge in [0.15, 0.2) is 0 Å². The molecule has 1 amide bonds. The number of aromatic nitrogens is 2. The van der Waals surface area contributed by atoms with Crippen LogP contribution in [0.1, 0.15) is 57.4 Å². The number of sulfone groups is 1. The van der Waals surface area contributed by atoms with Crippen LogP contribution < -0.4 is 0 Å². The third kappa shape index (κ3) is 5.12. The number of carbonyl (C=O) groups is 1. The van der Waals surface area contributed by atoms with Gasteiger partial charge in [0.25, 0.3) is 0 Å². The maximum Gasteiger partial charge on any atom is 0.228 e. The van der Waals surface area contributed by atoms with Crippen molar-refractivity contribution in [2.24, 2.45) is 11.8 Å². The summed E-state index contributed by atoms with van der Waals surface area (Å²) in [6.07, 6.45) is 3.65. The first kappa shape index (κ1) is 22.5. The Balaban J connectivity index is 1.95. The maximum absolute atomic E-state index is 13.3. The quantitative estimate of drug-likeness (QED) is 0.602. The van der Waals surface area contributed by atoms with E-state index in [1.807, 2.05) is 49.9 Å². The van der Waals surface area contributed by atoms with Crippen molar-refractivity contribution in [1.82, 2.24) is 14.5 Å². The van der Waals surface area contributed by atoms with E-state index in [1.54, 1.807) is 10.8 Å². The monoisotopic (exact) mass is 431 g/mol. The molecule has 1 aliphatic carbocycles. The van der Waals surface area contributed by atoms with Crippen LogP contribution in [0.5, 0.6) is 0 Å². The number of amides is 1. The van der Waals surface area contributed by atoms with Gasteiger partial charge < -0.3 is 9.47 Å². The number of aryl methyl sites for hydroxylation is 1. The lowest BCUT2D eigenvalue weighted by molar-refractivity contribution is -0.135. The lowest BCUT2D eigenvalue weighted by Crippen LogP contribution is -2.36. The molecule has 6 nitrogen and oxygen atoms in total. The highest BCUT2D eigenvalue weighted by Crippen LogP contribution is 2.30. The van der Waals surface area contributed by atoms with Crippen LogP contribution in [0.2, 0.25) is 0 Å². The second kappa shape index (κ2) is 8.92. The number of benzene rings is 1. The molecule has 1 heterocycles. The van der Waals surface area contributed by atoms with Crippen molar-refractivity contribution in [3.63, 3.8) is 0 Å². The van der Waals surface area contributed by atoms with Gasteiger partial charge in [0, 0.05) is 18.5 Å². The summed E-state index contributed by atoms with van der Waals surface area (Å²) < 4.78 is 28.4. The first-order chi connectivity index (χ1) is 14.1. The van der Waals surface area contributed by atoms with Crippen LogP contribution in [0.3, 0.4) is 0 Å². The van der Waals surface area contributed by atoms with Crippen LogP contribution in [0.4, 0.5) is 0 Å². The standard InChI is InChI=1S/C23H33N3O3S/c1-16(2)13-26-21(14-25(20-10-11-20)22(27)17(3)4)12-24-23(26)30(28,29)15-19-9-7-6-8-18(19)5/h6-9,12,16-17,20H,10-11,13-15H2,1-5H3. The number of hydrogen-bond acceptors (Lipinski definition) is 4. The molecule has 0 bridgehead atoms. The summed E-state index contributed by atoms with van der Waals surface area (Å²) in [6.45, 7) is 10.8. The van der Waals surface area contributed by atoms with Gasteiger partial charge in [0.05, 0.1) is 24.2 Å². The lowest BCUT2D eigenvalue weighted by atomic mass is 10.1.